The van der Waals surface area contributed by atoms with Gasteiger partial charge in [0.05, 0.1) is 0 Å². The number of piperazine rings is 1. The minimum absolute atomic E-state index is 0.0708. The lowest BCUT2D eigenvalue weighted by Crippen LogP contribution is -2.54. The zero-order valence-electron chi connectivity index (χ0n) is 18.7. The summed E-state index contributed by atoms with van der Waals surface area (Å²) in [6.07, 6.45) is 6.67. The van der Waals surface area contributed by atoms with Crippen LogP contribution in [0, 0.1) is 0 Å². The van der Waals surface area contributed by atoms with Crippen LogP contribution in [0.2, 0.25) is 0 Å². The van der Waals surface area contributed by atoms with E-state index in [-0.39, 0.29) is 12.1 Å². The molecule has 1 saturated heterocycles. The molecule has 1 amide bonds. The molecular formula is C22H36BrN3O2. The Morgan fingerprint density at radius 3 is 2.43 bits per heavy atom. The van der Waals surface area contributed by atoms with Gasteiger partial charge in [-0.2, -0.15) is 0 Å². The number of amides is 1. The van der Waals surface area contributed by atoms with E-state index in [1.54, 1.807) is 0 Å². The topological polar surface area (TPSA) is 45.1 Å². The molecule has 6 heteroatoms. The summed E-state index contributed by atoms with van der Waals surface area (Å²) >= 11 is 3.69. The van der Waals surface area contributed by atoms with Crippen molar-refractivity contribution in [1.29, 1.82) is 0 Å². The molecule has 0 aromatic rings. The second-order valence-electron chi connectivity index (χ2n) is 8.07. The highest BCUT2D eigenvalue weighted by Crippen LogP contribution is 2.27. The van der Waals surface area contributed by atoms with Gasteiger partial charge in [-0.05, 0) is 54.9 Å². The molecule has 1 aliphatic rings. The summed E-state index contributed by atoms with van der Waals surface area (Å²) in [4.78, 5) is 21.2. The second-order valence-corrected chi connectivity index (χ2v) is 8.93. The van der Waals surface area contributed by atoms with Crippen LogP contribution in [0.15, 0.2) is 39.1 Å². The fourth-order valence-corrected chi connectivity index (χ4v) is 3.67. The Kier molecular flexibility index (Phi) is 9.48. The third-order valence-corrected chi connectivity index (χ3v) is 5.41. The molecule has 1 unspecified atom stereocenters. The first-order valence-corrected chi connectivity index (χ1v) is 10.8. The smallest absolute Gasteiger partial charge is 0.410 e. The zero-order valence-corrected chi connectivity index (χ0v) is 20.3. The zero-order chi connectivity index (χ0) is 21.5. The minimum Gasteiger partial charge on any atom is -0.444 e. The van der Waals surface area contributed by atoms with E-state index < -0.39 is 5.60 Å². The van der Waals surface area contributed by atoms with Crippen LogP contribution in [-0.2, 0) is 4.74 Å². The molecule has 5 nitrogen and oxygen atoms in total. The summed E-state index contributed by atoms with van der Waals surface area (Å²) in [5.41, 5.74) is 2.75. The maximum absolute atomic E-state index is 12.5. The SMILES string of the molecule is C\C=C(Br)/C(=C(/C)N1CCN(C(=O)OC(C)(C)C)C(C)C1)C(/C)=N/C=C/CC. The van der Waals surface area contributed by atoms with Gasteiger partial charge in [-0.3, -0.25) is 4.99 Å². The van der Waals surface area contributed by atoms with Crippen molar-refractivity contribution in [3.8, 4) is 0 Å². The number of allylic oxidation sites excluding steroid dienone is 5. The van der Waals surface area contributed by atoms with Crippen LogP contribution in [0.4, 0.5) is 4.79 Å². The number of ether oxygens (including phenoxy) is 1. The lowest BCUT2D eigenvalue weighted by molar-refractivity contribution is 0.00495. The third-order valence-electron chi connectivity index (χ3n) is 4.56. The Labute approximate surface area is 179 Å². The molecule has 0 saturated carbocycles. The van der Waals surface area contributed by atoms with Crippen LogP contribution >= 0.6 is 15.9 Å². The standard InChI is InChI=1S/C22H36BrN3O2/c1-9-11-12-24-17(4)20(19(23)10-2)18(5)25-13-14-26(16(3)15-25)21(27)28-22(6,7)8/h10-12,16H,9,13-15H2,1-8H3/b12-11+,19-10+,20-18-,24-17+. The molecule has 0 aromatic carbocycles. The average Bonchev–Trinajstić information content (AvgIpc) is 2.60. The van der Waals surface area contributed by atoms with Gasteiger partial charge in [0.2, 0.25) is 0 Å². The average molecular weight is 454 g/mol. The number of nitrogens with zero attached hydrogens (tertiary/aromatic N) is 3. The molecule has 158 valence electrons. The summed E-state index contributed by atoms with van der Waals surface area (Å²) in [5.74, 6) is 0. The van der Waals surface area contributed by atoms with Gasteiger partial charge in [-0.1, -0.05) is 35.0 Å². The number of aliphatic imine (C=N–C) groups is 1. The largest absolute Gasteiger partial charge is 0.444 e. The first kappa shape index (κ1) is 24.5. The molecule has 1 aliphatic heterocycles. The van der Waals surface area contributed by atoms with Crippen LogP contribution in [-0.4, -0.2) is 52.9 Å². The molecule has 0 N–H and O–H groups in total. The van der Waals surface area contributed by atoms with Crippen molar-refractivity contribution >= 4 is 27.7 Å². The number of halogens is 1. The van der Waals surface area contributed by atoms with E-state index in [1.165, 1.54) is 0 Å². The molecule has 1 fully saturated rings. The molecule has 1 rings (SSSR count). The van der Waals surface area contributed by atoms with E-state index >= 15 is 0 Å². The maximum atomic E-state index is 12.5. The molecular weight excluding hydrogens is 418 g/mol. The monoisotopic (exact) mass is 453 g/mol. The van der Waals surface area contributed by atoms with Crippen LogP contribution < -0.4 is 0 Å². The Morgan fingerprint density at radius 2 is 1.93 bits per heavy atom. The van der Waals surface area contributed by atoms with Gasteiger partial charge < -0.3 is 14.5 Å². The van der Waals surface area contributed by atoms with E-state index in [9.17, 15) is 4.79 Å². The molecule has 1 heterocycles. The summed E-state index contributed by atoms with van der Waals surface area (Å²) in [7, 11) is 0. The predicted octanol–water partition coefficient (Wildman–Crippen LogP) is 5.88. The van der Waals surface area contributed by atoms with Crippen LogP contribution in [0.1, 0.15) is 61.8 Å². The number of carbonyl (C=O) groups excluding carboxylic acids is 1. The van der Waals surface area contributed by atoms with Gasteiger partial charge in [0.25, 0.3) is 0 Å². The maximum Gasteiger partial charge on any atom is 0.410 e. The van der Waals surface area contributed by atoms with Gasteiger partial charge in [-0.25, -0.2) is 4.79 Å². The normalized spacial score (nSPS) is 20.5. The number of carbonyl (C=O) groups is 1. The van der Waals surface area contributed by atoms with Crippen molar-refractivity contribution in [1.82, 2.24) is 9.80 Å². The van der Waals surface area contributed by atoms with E-state index in [1.807, 2.05) is 57.9 Å². The van der Waals surface area contributed by atoms with Crippen molar-refractivity contribution in [2.45, 2.75) is 73.5 Å². The Morgan fingerprint density at radius 1 is 1.29 bits per heavy atom. The Bertz CT molecular complexity index is 672. The highest BCUT2D eigenvalue weighted by Gasteiger charge is 2.31. The summed E-state index contributed by atoms with van der Waals surface area (Å²) < 4.78 is 6.58. The molecule has 1 atom stereocenters. The van der Waals surface area contributed by atoms with E-state index in [4.69, 9.17) is 4.74 Å². The number of hydrogen-bond acceptors (Lipinski definition) is 4. The van der Waals surface area contributed by atoms with Crippen molar-refractivity contribution < 1.29 is 9.53 Å². The van der Waals surface area contributed by atoms with Gasteiger partial charge in [0, 0.05) is 53.3 Å². The summed E-state index contributed by atoms with van der Waals surface area (Å²) in [6, 6.07) is 0.0708. The van der Waals surface area contributed by atoms with Crippen LogP contribution in [0.3, 0.4) is 0 Å². The number of rotatable bonds is 5. The van der Waals surface area contributed by atoms with E-state index in [0.717, 1.165) is 41.0 Å². The van der Waals surface area contributed by atoms with Gasteiger partial charge in [0.1, 0.15) is 5.60 Å². The minimum atomic E-state index is -0.479. The Hall–Kier alpha value is -1.56. The lowest BCUT2D eigenvalue weighted by Gasteiger charge is -2.42. The number of hydrogen-bond donors (Lipinski definition) is 0. The van der Waals surface area contributed by atoms with E-state index in [0.29, 0.717) is 6.54 Å². The molecule has 0 aliphatic carbocycles. The summed E-state index contributed by atoms with van der Waals surface area (Å²) in [6.45, 7) is 18.2. The second kappa shape index (κ2) is 10.8. The molecule has 0 bridgehead atoms. The first-order chi connectivity index (χ1) is 13.0. The third kappa shape index (κ3) is 7.12. The van der Waals surface area contributed by atoms with Gasteiger partial charge in [0.15, 0.2) is 0 Å². The summed E-state index contributed by atoms with van der Waals surface area (Å²) in [5, 5.41) is 0. The molecule has 0 radical (unpaired) electrons. The van der Waals surface area contributed by atoms with Crippen molar-refractivity contribution in [2.75, 3.05) is 19.6 Å². The van der Waals surface area contributed by atoms with E-state index in [2.05, 4.69) is 46.6 Å². The fourth-order valence-electron chi connectivity index (χ4n) is 3.10. The van der Waals surface area contributed by atoms with Crippen molar-refractivity contribution in [2.24, 2.45) is 4.99 Å². The van der Waals surface area contributed by atoms with Gasteiger partial charge in [-0.15, -0.1) is 0 Å². The van der Waals surface area contributed by atoms with Crippen LogP contribution in [0.5, 0.6) is 0 Å². The van der Waals surface area contributed by atoms with Crippen LogP contribution in [0.25, 0.3) is 0 Å². The predicted molar refractivity (Wildman–Crippen MR) is 122 cm³/mol. The van der Waals surface area contributed by atoms with Gasteiger partial charge >= 0.3 is 6.09 Å². The molecule has 0 spiro atoms. The van der Waals surface area contributed by atoms with Crippen molar-refractivity contribution in [3.63, 3.8) is 0 Å². The fraction of sp³-hybridized carbons (Fsp3) is 0.636. The highest BCUT2D eigenvalue weighted by molar-refractivity contribution is 9.12. The molecule has 28 heavy (non-hydrogen) atoms. The molecule has 0 aromatic heterocycles. The first-order valence-electron chi connectivity index (χ1n) is 9.99. The Balaban J connectivity index is 3.06. The highest BCUT2D eigenvalue weighted by atomic mass is 79.9. The lowest BCUT2D eigenvalue weighted by atomic mass is 10.1. The quantitative estimate of drug-likeness (QED) is 0.385. The van der Waals surface area contributed by atoms with Crippen molar-refractivity contribution in [3.05, 3.63) is 34.1 Å².